The number of unbranched alkanes of at least 4 members (excludes halogenated alkanes) is 16. The van der Waals surface area contributed by atoms with E-state index < -0.39 is 13.9 Å². The molecule has 2 unspecified atom stereocenters. The van der Waals surface area contributed by atoms with E-state index in [1.165, 1.54) is 57.8 Å². The van der Waals surface area contributed by atoms with Crippen molar-refractivity contribution in [2.24, 2.45) is 0 Å². The minimum Gasteiger partial charge on any atom is -0.756 e. The Hall–Kier alpha value is -2.58. The summed E-state index contributed by atoms with van der Waals surface area (Å²) in [6.45, 7) is 5.20. The highest BCUT2D eigenvalue weighted by Crippen LogP contribution is 2.38. The van der Waals surface area contributed by atoms with E-state index in [2.05, 4.69) is 111 Å². The molecule has 0 aliphatic heterocycles. The van der Waals surface area contributed by atoms with Crippen molar-refractivity contribution in [3.63, 3.8) is 0 Å². The van der Waals surface area contributed by atoms with Gasteiger partial charge in [-0.15, -0.1) is 0 Å². The van der Waals surface area contributed by atoms with Gasteiger partial charge in [0, 0.05) is 13.0 Å². The molecular formula is C55H96NO7P. The lowest BCUT2D eigenvalue weighted by molar-refractivity contribution is -0.870. The van der Waals surface area contributed by atoms with Crippen LogP contribution in [-0.4, -0.2) is 70.7 Å². The molecule has 9 heteroatoms. The number of carbonyl (C=O) groups excluding carboxylic acids is 1. The van der Waals surface area contributed by atoms with E-state index in [1.54, 1.807) is 0 Å². The Morgan fingerprint density at radius 3 is 1.38 bits per heavy atom. The van der Waals surface area contributed by atoms with Gasteiger partial charge in [0.25, 0.3) is 7.82 Å². The Morgan fingerprint density at radius 2 is 0.906 bits per heavy atom. The highest BCUT2D eigenvalue weighted by atomic mass is 31.2. The van der Waals surface area contributed by atoms with Crippen LogP contribution in [0.15, 0.2) is 97.2 Å². The summed E-state index contributed by atoms with van der Waals surface area (Å²) in [4.78, 5) is 25.1. The summed E-state index contributed by atoms with van der Waals surface area (Å²) in [5, 5.41) is 0. The first-order valence-electron chi connectivity index (χ1n) is 25.5. The average molecular weight is 914 g/mol. The number of likely N-dealkylation sites (N-methyl/N-ethyl adjacent to an activating group) is 1. The van der Waals surface area contributed by atoms with Gasteiger partial charge in [-0.3, -0.25) is 9.36 Å². The van der Waals surface area contributed by atoms with Crippen LogP contribution in [0.3, 0.4) is 0 Å². The van der Waals surface area contributed by atoms with Crippen molar-refractivity contribution in [1.82, 2.24) is 0 Å². The highest BCUT2D eigenvalue weighted by Gasteiger charge is 2.20. The molecule has 0 saturated heterocycles. The standard InChI is InChI=1S/C55H96NO7P/c1-6-8-10-12-14-16-18-20-22-24-25-26-27-28-29-30-31-32-33-35-37-39-41-43-45-47-50-60-52-54(53-62-64(58,59)61-51-49-56(3,4)5)63-55(57)48-46-44-42-40-38-36-34-23-21-19-17-15-13-11-9-7-2/h8,10,14,16,20,22-23,25-26,28-29,31-32,34-35,37,54H,6-7,9,11-13,15,17-19,21,24,27,30,33,36,38-53H2,1-5H3/b10-8-,16-14-,22-20-,26-25-,29-28-,32-31-,34-23-,37-35-. The maximum absolute atomic E-state index is 12.7. The van der Waals surface area contributed by atoms with Crippen LogP contribution >= 0.6 is 7.82 Å². The first-order chi connectivity index (χ1) is 31.1. The molecule has 0 fully saturated rings. The summed E-state index contributed by atoms with van der Waals surface area (Å²) in [5.41, 5.74) is 0. The van der Waals surface area contributed by atoms with Crippen LogP contribution in [0.5, 0.6) is 0 Å². The predicted octanol–water partition coefficient (Wildman–Crippen LogP) is 15.1. The topological polar surface area (TPSA) is 94.1 Å². The monoisotopic (exact) mass is 914 g/mol. The number of rotatable bonds is 46. The van der Waals surface area contributed by atoms with Gasteiger partial charge in [-0.05, 0) is 96.3 Å². The Kier molecular flexibility index (Phi) is 45.0. The first kappa shape index (κ1) is 61.4. The zero-order chi connectivity index (χ0) is 46.9. The number of hydrogen-bond acceptors (Lipinski definition) is 7. The van der Waals surface area contributed by atoms with Crippen LogP contribution < -0.4 is 4.89 Å². The number of phosphoric ester groups is 1. The molecule has 0 amide bonds. The summed E-state index contributed by atoms with van der Waals surface area (Å²) in [5.74, 6) is -0.356. The first-order valence-corrected chi connectivity index (χ1v) is 26.9. The summed E-state index contributed by atoms with van der Waals surface area (Å²) in [6, 6.07) is 0. The van der Waals surface area contributed by atoms with Crippen molar-refractivity contribution in [3.8, 4) is 0 Å². The molecular weight excluding hydrogens is 818 g/mol. The van der Waals surface area contributed by atoms with Crippen LogP contribution in [0, 0.1) is 0 Å². The van der Waals surface area contributed by atoms with Crippen LogP contribution in [0.25, 0.3) is 0 Å². The van der Waals surface area contributed by atoms with Gasteiger partial charge in [0.2, 0.25) is 0 Å². The zero-order valence-corrected chi connectivity index (χ0v) is 42.6. The molecule has 0 heterocycles. The van der Waals surface area contributed by atoms with E-state index in [0.717, 1.165) is 109 Å². The molecule has 0 N–H and O–H groups in total. The Bertz CT molecular complexity index is 1340. The highest BCUT2D eigenvalue weighted by molar-refractivity contribution is 7.45. The molecule has 8 nitrogen and oxygen atoms in total. The lowest BCUT2D eigenvalue weighted by Crippen LogP contribution is -2.37. The van der Waals surface area contributed by atoms with Gasteiger partial charge in [-0.2, -0.15) is 0 Å². The Morgan fingerprint density at radius 1 is 0.500 bits per heavy atom. The van der Waals surface area contributed by atoms with Crippen LogP contribution in [0.1, 0.15) is 187 Å². The minimum atomic E-state index is -4.55. The Labute approximate surface area is 394 Å². The van der Waals surface area contributed by atoms with E-state index in [9.17, 15) is 14.3 Å². The van der Waals surface area contributed by atoms with Gasteiger partial charge >= 0.3 is 5.97 Å². The molecule has 0 saturated carbocycles. The van der Waals surface area contributed by atoms with Crippen molar-refractivity contribution >= 4 is 13.8 Å². The SMILES string of the molecule is CC/C=C\C/C=C\C/C=C\C/C=C\C/C=C\C/C=C\C/C=C\CCCCCCOCC(COP(=O)([O-])OCC[N+](C)(C)C)OC(=O)CCCCCCC/C=C\CCCCCCCCC. The summed E-state index contributed by atoms with van der Waals surface area (Å²) in [6.07, 6.45) is 64.3. The molecule has 368 valence electrons. The molecule has 0 rings (SSSR count). The number of esters is 1. The number of ether oxygens (including phenoxy) is 2. The van der Waals surface area contributed by atoms with E-state index in [0.29, 0.717) is 24.1 Å². The maximum Gasteiger partial charge on any atom is 0.306 e. The second-order valence-electron chi connectivity index (χ2n) is 17.8. The van der Waals surface area contributed by atoms with Crippen molar-refractivity contribution in [2.75, 3.05) is 54.1 Å². The van der Waals surface area contributed by atoms with Gasteiger partial charge in [0.15, 0.2) is 0 Å². The van der Waals surface area contributed by atoms with Gasteiger partial charge in [0.05, 0.1) is 34.4 Å². The predicted molar refractivity (Wildman–Crippen MR) is 272 cm³/mol. The van der Waals surface area contributed by atoms with Crippen molar-refractivity contribution in [2.45, 2.75) is 193 Å². The van der Waals surface area contributed by atoms with Crippen LogP contribution in [0.2, 0.25) is 0 Å². The minimum absolute atomic E-state index is 0.0139. The molecule has 0 aromatic rings. The fraction of sp³-hybridized carbons (Fsp3) is 0.691. The van der Waals surface area contributed by atoms with Crippen molar-refractivity contribution in [3.05, 3.63) is 97.2 Å². The summed E-state index contributed by atoms with van der Waals surface area (Å²) < 4.78 is 34.7. The number of phosphoric acid groups is 1. The molecule has 0 spiro atoms. The maximum atomic E-state index is 12.7. The molecule has 64 heavy (non-hydrogen) atoms. The number of nitrogens with zero attached hydrogens (tertiary/aromatic N) is 1. The summed E-state index contributed by atoms with van der Waals surface area (Å²) in [7, 11) is 1.32. The average Bonchev–Trinajstić information content (AvgIpc) is 3.25. The normalized spacial score (nSPS) is 14.4. The lowest BCUT2D eigenvalue weighted by atomic mass is 10.1. The number of allylic oxidation sites excluding steroid dienone is 16. The van der Waals surface area contributed by atoms with Gasteiger partial charge in [-0.1, -0.05) is 182 Å². The Balaban J connectivity index is 4.24. The second-order valence-corrected chi connectivity index (χ2v) is 19.2. The molecule has 0 radical (unpaired) electrons. The van der Waals surface area contributed by atoms with E-state index in [1.807, 2.05) is 21.1 Å². The van der Waals surface area contributed by atoms with E-state index >= 15 is 0 Å². The largest absolute Gasteiger partial charge is 0.756 e. The molecule has 0 aromatic carbocycles. The van der Waals surface area contributed by atoms with Crippen LogP contribution in [0.4, 0.5) is 0 Å². The fourth-order valence-corrected chi connectivity index (χ4v) is 7.19. The zero-order valence-electron chi connectivity index (χ0n) is 41.7. The molecule has 0 aromatic heterocycles. The van der Waals surface area contributed by atoms with Crippen molar-refractivity contribution < 1.29 is 37.3 Å². The second kappa shape index (κ2) is 46.9. The van der Waals surface area contributed by atoms with Gasteiger partial charge in [-0.25, -0.2) is 0 Å². The summed E-state index contributed by atoms with van der Waals surface area (Å²) >= 11 is 0. The fourth-order valence-electron chi connectivity index (χ4n) is 6.46. The smallest absolute Gasteiger partial charge is 0.306 e. The van der Waals surface area contributed by atoms with Gasteiger partial charge < -0.3 is 27.9 Å². The third-order valence-corrected chi connectivity index (χ3v) is 11.3. The van der Waals surface area contributed by atoms with E-state index in [4.69, 9.17) is 18.5 Å². The third kappa shape index (κ3) is 50.4. The van der Waals surface area contributed by atoms with E-state index in [-0.39, 0.29) is 25.8 Å². The van der Waals surface area contributed by atoms with Gasteiger partial charge in [0.1, 0.15) is 19.3 Å². The molecule has 0 aliphatic carbocycles. The van der Waals surface area contributed by atoms with Crippen LogP contribution in [-0.2, 0) is 27.9 Å². The van der Waals surface area contributed by atoms with Crippen molar-refractivity contribution in [1.29, 1.82) is 0 Å². The molecule has 2 atom stereocenters. The molecule has 0 bridgehead atoms. The number of quaternary nitrogens is 1. The molecule has 0 aliphatic rings. The number of carbonyl (C=O) groups is 1. The number of hydrogen-bond donors (Lipinski definition) is 0. The third-order valence-electron chi connectivity index (χ3n) is 10.4. The quantitative estimate of drug-likeness (QED) is 0.0197. The lowest BCUT2D eigenvalue weighted by Gasteiger charge is -2.28.